The van der Waals surface area contributed by atoms with Gasteiger partial charge in [-0.1, -0.05) is 6.92 Å². The van der Waals surface area contributed by atoms with Gasteiger partial charge in [0.1, 0.15) is 0 Å². The molecular weight excluding hydrogens is 254 g/mol. The molecule has 1 unspecified atom stereocenters. The van der Waals surface area contributed by atoms with Crippen LogP contribution < -0.4 is 5.32 Å². The number of hydrogen-bond donors (Lipinski definition) is 2. The fraction of sp³-hybridized carbons (Fsp3) is 0.733. The summed E-state index contributed by atoms with van der Waals surface area (Å²) in [5, 5.41) is 16.5. The molecule has 1 amide bonds. The van der Waals surface area contributed by atoms with E-state index < -0.39 is 0 Å². The summed E-state index contributed by atoms with van der Waals surface area (Å²) in [5.41, 5.74) is 2.95. The molecule has 0 bridgehead atoms. The van der Waals surface area contributed by atoms with Crippen molar-refractivity contribution in [3.8, 4) is 0 Å². The van der Waals surface area contributed by atoms with E-state index in [4.69, 9.17) is 5.11 Å². The Morgan fingerprint density at radius 3 is 2.55 bits per heavy atom. The smallest absolute Gasteiger partial charge is 0.220 e. The van der Waals surface area contributed by atoms with Crippen molar-refractivity contribution in [2.24, 2.45) is 7.05 Å². The van der Waals surface area contributed by atoms with E-state index in [2.05, 4.69) is 10.4 Å². The minimum absolute atomic E-state index is 0.0328. The number of aliphatic hydroxyl groups excluding tert-OH is 1. The summed E-state index contributed by atoms with van der Waals surface area (Å²) in [6, 6.07) is 0. The minimum atomic E-state index is -0.315. The average Bonchev–Trinajstić information content (AvgIpc) is 2.61. The fourth-order valence-corrected chi connectivity index (χ4v) is 2.39. The number of aryl methyl sites for hydroxylation is 2. The van der Waals surface area contributed by atoms with Crippen LogP contribution in [0.5, 0.6) is 0 Å². The minimum Gasteiger partial charge on any atom is -0.396 e. The van der Waals surface area contributed by atoms with Crippen molar-refractivity contribution >= 4 is 5.91 Å². The second kappa shape index (κ2) is 6.88. The number of hydrogen-bond acceptors (Lipinski definition) is 3. The number of carbonyl (C=O) groups excluding carboxylic acids is 1. The highest BCUT2D eigenvalue weighted by Gasteiger charge is 2.23. The van der Waals surface area contributed by atoms with Crippen molar-refractivity contribution in [2.75, 3.05) is 6.61 Å². The lowest BCUT2D eigenvalue weighted by Crippen LogP contribution is -2.46. The molecule has 0 saturated heterocycles. The number of carbonyl (C=O) groups is 1. The Labute approximate surface area is 121 Å². The number of nitrogens with zero attached hydrogens (tertiary/aromatic N) is 2. The summed E-state index contributed by atoms with van der Waals surface area (Å²) in [6.45, 7) is 8.08. The predicted molar refractivity (Wildman–Crippen MR) is 79.5 cm³/mol. The van der Waals surface area contributed by atoms with Crippen LogP contribution in [-0.4, -0.2) is 32.9 Å². The Balaban J connectivity index is 2.59. The number of nitrogens with one attached hydrogen (secondary N) is 1. The van der Waals surface area contributed by atoms with Gasteiger partial charge in [0.15, 0.2) is 0 Å². The number of amides is 1. The SMILES string of the molecule is CCC(C)(CCO)NC(=O)CCc1c(C)nn(C)c1C. The van der Waals surface area contributed by atoms with Gasteiger partial charge < -0.3 is 10.4 Å². The quantitative estimate of drug-likeness (QED) is 0.798. The van der Waals surface area contributed by atoms with Gasteiger partial charge in [0, 0.05) is 31.3 Å². The third kappa shape index (κ3) is 4.07. The predicted octanol–water partition coefficient (Wildman–Crippen LogP) is 1.64. The molecule has 0 aliphatic heterocycles. The Hall–Kier alpha value is -1.36. The highest BCUT2D eigenvalue weighted by Crippen LogP contribution is 2.16. The van der Waals surface area contributed by atoms with Crippen molar-refractivity contribution < 1.29 is 9.90 Å². The van der Waals surface area contributed by atoms with Crippen LogP contribution in [0, 0.1) is 13.8 Å². The summed E-state index contributed by atoms with van der Waals surface area (Å²) < 4.78 is 1.85. The Bertz CT molecular complexity index is 468. The van der Waals surface area contributed by atoms with Gasteiger partial charge in [-0.15, -0.1) is 0 Å². The van der Waals surface area contributed by atoms with E-state index in [0.717, 1.165) is 23.4 Å². The monoisotopic (exact) mass is 281 g/mol. The Morgan fingerprint density at radius 2 is 2.10 bits per heavy atom. The molecule has 5 heteroatoms. The van der Waals surface area contributed by atoms with E-state index in [1.165, 1.54) is 0 Å². The van der Waals surface area contributed by atoms with E-state index in [0.29, 0.717) is 19.3 Å². The van der Waals surface area contributed by atoms with Gasteiger partial charge in [-0.3, -0.25) is 9.48 Å². The molecule has 1 heterocycles. The lowest BCUT2D eigenvalue weighted by Gasteiger charge is -2.29. The molecule has 0 aliphatic rings. The summed E-state index contributed by atoms with van der Waals surface area (Å²) >= 11 is 0. The van der Waals surface area contributed by atoms with Crippen LogP contribution in [0.2, 0.25) is 0 Å². The van der Waals surface area contributed by atoms with Crippen LogP contribution in [0.25, 0.3) is 0 Å². The van der Waals surface area contributed by atoms with Gasteiger partial charge in [0.25, 0.3) is 0 Å². The van der Waals surface area contributed by atoms with Crippen LogP contribution in [0.3, 0.4) is 0 Å². The first-order chi connectivity index (χ1) is 9.33. The van der Waals surface area contributed by atoms with Crippen LogP contribution in [0.4, 0.5) is 0 Å². The van der Waals surface area contributed by atoms with Crippen LogP contribution in [0.1, 0.15) is 50.1 Å². The first-order valence-electron chi connectivity index (χ1n) is 7.24. The highest BCUT2D eigenvalue weighted by molar-refractivity contribution is 5.77. The van der Waals surface area contributed by atoms with Gasteiger partial charge in [-0.25, -0.2) is 0 Å². The topological polar surface area (TPSA) is 67.2 Å². The van der Waals surface area contributed by atoms with Crippen LogP contribution in [0.15, 0.2) is 0 Å². The van der Waals surface area contributed by atoms with Crippen LogP contribution >= 0.6 is 0 Å². The third-order valence-corrected chi connectivity index (χ3v) is 4.15. The largest absolute Gasteiger partial charge is 0.396 e. The molecule has 1 aromatic rings. The van der Waals surface area contributed by atoms with Gasteiger partial charge >= 0.3 is 0 Å². The molecular formula is C15H27N3O2. The number of aromatic nitrogens is 2. The molecule has 2 N–H and O–H groups in total. The molecule has 1 rings (SSSR count). The van der Waals surface area contributed by atoms with E-state index in [9.17, 15) is 4.79 Å². The molecule has 114 valence electrons. The summed E-state index contributed by atoms with van der Waals surface area (Å²) in [5.74, 6) is 0.0328. The molecule has 0 saturated carbocycles. The zero-order valence-electron chi connectivity index (χ0n) is 13.3. The van der Waals surface area contributed by atoms with Crippen molar-refractivity contribution in [3.63, 3.8) is 0 Å². The molecule has 20 heavy (non-hydrogen) atoms. The lowest BCUT2D eigenvalue weighted by atomic mass is 9.94. The van der Waals surface area contributed by atoms with Crippen molar-refractivity contribution in [1.82, 2.24) is 15.1 Å². The Kier molecular flexibility index (Phi) is 5.74. The molecule has 0 radical (unpaired) electrons. The normalized spacial score (nSPS) is 14.1. The standard InChI is InChI=1S/C15H27N3O2/c1-6-15(4,9-10-19)16-14(20)8-7-13-11(2)17-18(5)12(13)3/h19H,6-10H2,1-5H3,(H,16,20). The van der Waals surface area contributed by atoms with Crippen molar-refractivity contribution in [2.45, 2.75) is 58.9 Å². The first kappa shape index (κ1) is 16.7. The van der Waals surface area contributed by atoms with E-state index in [1.807, 2.05) is 39.4 Å². The summed E-state index contributed by atoms with van der Waals surface area (Å²) in [6.07, 6.45) is 2.55. The maximum absolute atomic E-state index is 12.1. The van der Waals surface area contributed by atoms with Gasteiger partial charge in [0.2, 0.25) is 5.91 Å². The number of aliphatic hydroxyl groups is 1. The molecule has 0 aliphatic carbocycles. The van der Waals surface area contributed by atoms with E-state index in [1.54, 1.807) is 0 Å². The van der Waals surface area contributed by atoms with Gasteiger partial charge in [0.05, 0.1) is 5.69 Å². The zero-order valence-corrected chi connectivity index (χ0v) is 13.3. The fourth-order valence-electron chi connectivity index (χ4n) is 2.39. The molecule has 1 atom stereocenters. The third-order valence-electron chi connectivity index (χ3n) is 4.15. The lowest BCUT2D eigenvalue weighted by molar-refractivity contribution is -0.123. The summed E-state index contributed by atoms with van der Waals surface area (Å²) in [7, 11) is 1.92. The Morgan fingerprint density at radius 1 is 1.45 bits per heavy atom. The van der Waals surface area contributed by atoms with Gasteiger partial charge in [-0.05, 0) is 45.6 Å². The molecule has 1 aromatic heterocycles. The second-order valence-corrected chi connectivity index (χ2v) is 5.71. The maximum Gasteiger partial charge on any atom is 0.220 e. The van der Waals surface area contributed by atoms with Crippen molar-refractivity contribution in [1.29, 1.82) is 0 Å². The van der Waals surface area contributed by atoms with Crippen molar-refractivity contribution in [3.05, 3.63) is 17.0 Å². The maximum atomic E-state index is 12.1. The molecule has 0 spiro atoms. The summed E-state index contributed by atoms with van der Waals surface area (Å²) in [4.78, 5) is 12.1. The van der Waals surface area contributed by atoms with E-state index >= 15 is 0 Å². The highest BCUT2D eigenvalue weighted by atomic mass is 16.3. The zero-order chi connectivity index (χ0) is 15.3. The number of rotatable bonds is 7. The molecule has 0 fully saturated rings. The molecule has 5 nitrogen and oxygen atoms in total. The second-order valence-electron chi connectivity index (χ2n) is 5.71. The first-order valence-corrected chi connectivity index (χ1v) is 7.24. The average molecular weight is 281 g/mol. The van der Waals surface area contributed by atoms with Gasteiger partial charge in [-0.2, -0.15) is 5.10 Å². The van der Waals surface area contributed by atoms with Crippen LogP contribution in [-0.2, 0) is 18.3 Å². The molecule has 0 aromatic carbocycles. The van der Waals surface area contributed by atoms with E-state index in [-0.39, 0.29) is 18.1 Å².